The Morgan fingerprint density at radius 2 is 2.15 bits per heavy atom. The Morgan fingerprint density at radius 1 is 1.40 bits per heavy atom. The molecule has 0 aliphatic carbocycles. The van der Waals surface area contributed by atoms with Crippen LogP contribution in [0.1, 0.15) is 23.8 Å². The number of hydrogen-bond donors (Lipinski definition) is 1. The van der Waals surface area contributed by atoms with Crippen molar-refractivity contribution < 1.29 is 9.72 Å². The number of nitro groups is 1. The van der Waals surface area contributed by atoms with Crippen molar-refractivity contribution in [1.82, 2.24) is 15.1 Å². The summed E-state index contributed by atoms with van der Waals surface area (Å²) in [5.41, 5.74) is 0.500. The number of rotatable bonds is 5. The van der Waals surface area contributed by atoms with E-state index in [1.165, 1.54) is 23.0 Å². The molecule has 0 saturated heterocycles. The van der Waals surface area contributed by atoms with Crippen molar-refractivity contribution in [2.75, 3.05) is 6.54 Å². The number of carbonyl (C=O) groups is 1. The zero-order valence-corrected chi connectivity index (χ0v) is 10.9. The molecular weight excluding hydrogens is 260 g/mol. The molecule has 1 heterocycles. The van der Waals surface area contributed by atoms with Gasteiger partial charge < -0.3 is 5.32 Å². The second-order valence-corrected chi connectivity index (χ2v) is 4.15. The van der Waals surface area contributed by atoms with Gasteiger partial charge in [0.2, 0.25) is 0 Å². The quantitative estimate of drug-likeness (QED) is 0.666. The molecule has 1 N–H and O–H groups in total. The van der Waals surface area contributed by atoms with Crippen LogP contribution >= 0.6 is 0 Å². The third-order valence-electron chi connectivity index (χ3n) is 2.68. The third kappa shape index (κ3) is 2.82. The lowest BCUT2D eigenvalue weighted by molar-refractivity contribution is -0.384. The minimum atomic E-state index is -0.478. The number of aromatic nitrogens is 2. The van der Waals surface area contributed by atoms with Crippen molar-refractivity contribution in [3.8, 4) is 5.69 Å². The molecule has 20 heavy (non-hydrogen) atoms. The number of nitrogens with zero attached hydrogens (tertiary/aromatic N) is 3. The lowest BCUT2D eigenvalue weighted by Crippen LogP contribution is -2.24. The first kappa shape index (κ1) is 13.7. The van der Waals surface area contributed by atoms with E-state index in [9.17, 15) is 14.9 Å². The van der Waals surface area contributed by atoms with Gasteiger partial charge in [-0.2, -0.15) is 5.10 Å². The van der Waals surface area contributed by atoms with Crippen LogP contribution in [0.4, 0.5) is 5.69 Å². The maximum Gasteiger partial charge on any atom is 0.294 e. The van der Waals surface area contributed by atoms with E-state index in [0.29, 0.717) is 12.2 Å². The van der Waals surface area contributed by atoms with Gasteiger partial charge in [0.05, 0.1) is 4.92 Å². The average molecular weight is 274 g/mol. The van der Waals surface area contributed by atoms with E-state index >= 15 is 0 Å². The highest BCUT2D eigenvalue weighted by Gasteiger charge is 2.16. The molecule has 0 unspecified atom stereocenters. The van der Waals surface area contributed by atoms with Gasteiger partial charge in [-0.05, 0) is 18.6 Å². The van der Waals surface area contributed by atoms with E-state index in [-0.39, 0.29) is 17.3 Å². The molecule has 0 saturated carbocycles. The average Bonchev–Trinajstić information content (AvgIpc) is 2.94. The van der Waals surface area contributed by atoms with Crippen LogP contribution in [0.5, 0.6) is 0 Å². The molecule has 0 radical (unpaired) electrons. The number of para-hydroxylation sites is 2. The molecule has 0 aliphatic heterocycles. The molecule has 0 fully saturated rings. The molecule has 0 aliphatic rings. The minimum Gasteiger partial charge on any atom is -0.351 e. The Hall–Kier alpha value is -2.70. The van der Waals surface area contributed by atoms with Crippen LogP contribution in [0.3, 0.4) is 0 Å². The van der Waals surface area contributed by atoms with Gasteiger partial charge in [-0.1, -0.05) is 19.1 Å². The van der Waals surface area contributed by atoms with Crippen molar-refractivity contribution in [1.29, 1.82) is 0 Å². The number of nitro benzene ring substituents is 1. The van der Waals surface area contributed by atoms with Gasteiger partial charge in [0.15, 0.2) is 5.69 Å². The number of carbonyl (C=O) groups excluding carboxylic acids is 1. The maximum atomic E-state index is 11.7. The van der Waals surface area contributed by atoms with Crippen LogP contribution in [0, 0.1) is 10.1 Å². The lowest BCUT2D eigenvalue weighted by Gasteiger charge is -2.02. The monoisotopic (exact) mass is 274 g/mol. The van der Waals surface area contributed by atoms with Gasteiger partial charge in [-0.3, -0.25) is 14.9 Å². The Morgan fingerprint density at radius 3 is 2.85 bits per heavy atom. The van der Waals surface area contributed by atoms with Crippen LogP contribution < -0.4 is 5.32 Å². The number of amides is 1. The number of nitrogens with one attached hydrogen (secondary N) is 1. The Bertz CT molecular complexity index is 636. The van der Waals surface area contributed by atoms with E-state index in [4.69, 9.17) is 0 Å². The standard InChI is InChI=1S/C13H14N4O3/c1-2-8-14-13(18)10-7-9-16(15-10)11-5-3-4-6-12(11)17(19)20/h3-7,9H,2,8H2,1H3,(H,14,18). The van der Waals surface area contributed by atoms with Crippen molar-refractivity contribution in [3.05, 3.63) is 52.3 Å². The first-order valence-electron chi connectivity index (χ1n) is 6.21. The summed E-state index contributed by atoms with van der Waals surface area (Å²) < 4.78 is 1.33. The molecule has 7 nitrogen and oxygen atoms in total. The zero-order chi connectivity index (χ0) is 14.5. The van der Waals surface area contributed by atoms with Gasteiger partial charge in [0.25, 0.3) is 11.6 Å². The predicted molar refractivity (Wildman–Crippen MR) is 72.8 cm³/mol. The van der Waals surface area contributed by atoms with E-state index in [1.54, 1.807) is 18.2 Å². The van der Waals surface area contributed by atoms with Crippen LogP contribution in [-0.4, -0.2) is 27.2 Å². The van der Waals surface area contributed by atoms with Crippen molar-refractivity contribution >= 4 is 11.6 Å². The first-order valence-corrected chi connectivity index (χ1v) is 6.21. The highest BCUT2D eigenvalue weighted by atomic mass is 16.6. The Kier molecular flexibility index (Phi) is 4.09. The van der Waals surface area contributed by atoms with Gasteiger partial charge in [-0.25, -0.2) is 4.68 Å². The summed E-state index contributed by atoms with van der Waals surface area (Å²) in [5.74, 6) is -0.288. The van der Waals surface area contributed by atoms with Gasteiger partial charge >= 0.3 is 0 Å². The summed E-state index contributed by atoms with van der Waals surface area (Å²) in [6.07, 6.45) is 2.36. The smallest absolute Gasteiger partial charge is 0.294 e. The highest BCUT2D eigenvalue weighted by molar-refractivity contribution is 5.92. The SMILES string of the molecule is CCCNC(=O)c1ccn(-c2ccccc2[N+](=O)[O-])n1. The second kappa shape index (κ2) is 5.96. The topological polar surface area (TPSA) is 90.1 Å². The molecule has 1 amide bonds. The van der Waals surface area contributed by atoms with Gasteiger partial charge in [-0.15, -0.1) is 0 Å². The number of benzene rings is 1. The fourth-order valence-electron chi connectivity index (χ4n) is 1.72. The van der Waals surface area contributed by atoms with Crippen LogP contribution in [0.15, 0.2) is 36.5 Å². The predicted octanol–water partition coefficient (Wildman–Crippen LogP) is 1.92. The molecular formula is C13H14N4O3. The van der Waals surface area contributed by atoms with Crippen molar-refractivity contribution in [3.63, 3.8) is 0 Å². The maximum absolute atomic E-state index is 11.7. The normalized spacial score (nSPS) is 10.2. The summed E-state index contributed by atoms with van der Waals surface area (Å²) in [6.45, 7) is 2.52. The van der Waals surface area contributed by atoms with Crippen molar-refractivity contribution in [2.45, 2.75) is 13.3 Å². The molecule has 2 rings (SSSR count). The fourth-order valence-corrected chi connectivity index (χ4v) is 1.72. The second-order valence-electron chi connectivity index (χ2n) is 4.15. The molecule has 7 heteroatoms. The van der Waals surface area contributed by atoms with Crippen LogP contribution in [0.2, 0.25) is 0 Å². The molecule has 0 atom stereocenters. The van der Waals surface area contributed by atoms with Crippen LogP contribution in [0.25, 0.3) is 5.69 Å². The molecule has 0 spiro atoms. The fraction of sp³-hybridized carbons (Fsp3) is 0.231. The molecule has 1 aromatic carbocycles. The highest BCUT2D eigenvalue weighted by Crippen LogP contribution is 2.21. The van der Waals surface area contributed by atoms with Crippen LogP contribution in [-0.2, 0) is 0 Å². The third-order valence-corrected chi connectivity index (χ3v) is 2.68. The first-order chi connectivity index (χ1) is 9.63. The van der Waals surface area contributed by atoms with E-state index in [1.807, 2.05) is 6.92 Å². The van der Waals surface area contributed by atoms with E-state index in [0.717, 1.165) is 6.42 Å². The molecule has 104 valence electrons. The molecule has 2 aromatic rings. The van der Waals surface area contributed by atoms with Gasteiger partial charge in [0.1, 0.15) is 5.69 Å². The zero-order valence-electron chi connectivity index (χ0n) is 10.9. The summed E-state index contributed by atoms with van der Waals surface area (Å²) in [5, 5.41) is 17.7. The van der Waals surface area contributed by atoms with E-state index < -0.39 is 4.92 Å². The summed E-state index contributed by atoms with van der Waals surface area (Å²) in [6, 6.07) is 7.77. The minimum absolute atomic E-state index is 0.0592. The Labute approximate surface area is 115 Å². The largest absolute Gasteiger partial charge is 0.351 e. The lowest BCUT2D eigenvalue weighted by atomic mass is 10.3. The van der Waals surface area contributed by atoms with E-state index in [2.05, 4.69) is 10.4 Å². The summed E-state index contributed by atoms with van der Waals surface area (Å²) in [7, 11) is 0. The van der Waals surface area contributed by atoms with Crippen molar-refractivity contribution in [2.24, 2.45) is 0 Å². The summed E-state index contributed by atoms with van der Waals surface area (Å²) in [4.78, 5) is 22.2. The Balaban J connectivity index is 2.29. The summed E-state index contributed by atoms with van der Waals surface area (Å²) >= 11 is 0. The van der Waals surface area contributed by atoms with Gasteiger partial charge in [0, 0.05) is 18.8 Å². The molecule has 1 aromatic heterocycles. The molecule has 0 bridgehead atoms. The number of hydrogen-bond acceptors (Lipinski definition) is 4.